The molecule has 1 unspecified atom stereocenters. The Hall–Kier alpha value is -1.24. The normalized spacial score (nSPS) is 19.5. The second-order valence-electron chi connectivity index (χ2n) is 6.47. The third kappa shape index (κ3) is 3.66. The molecule has 0 radical (unpaired) electrons. The maximum Gasteiger partial charge on any atom is 0.175 e. The van der Waals surface area contributed by atoms with Crippen molar-refractivity contribution in [3.05, 3.63) is 58.6 Å². The fraction of sp³-hybridized carbons (Fsp3) is 0.368. The first-order valence-electron chi connectivity index (χ1n) is 8.71. The maximum atomic E-state index is 12.9. The van der Waals surface area contributed by atoms with E-state index in [-0.39, 0.29) is 0 Å². The van der Waals surface area contributed by atoms with Crippen LogP contribution in [0.3, 0.4) is 0 Å². The molecule has 132 valence electrons. The third-order valence-corrected chi connectivity index (χ3v) is 6.57. The van der Waals surface area contributed by atoms with Crippen molar-refractivity contribution in [2.75, 3.05) is 37.6 Å². The van der Waals surface area contributed by atoms with Crippen LogP contribution in [-0.2, 0) is 24.3 Å². The third-order valence-electron chi connectivity index (χ3n) is 4.90. The number of benzene rings is 2. The number of hydrogen-bond acceptors (Lipinski definition) is 4. The average Bonchev–Trinajstić information content (AvgIpc) is 2.67. The molecule has 2 aliphatic rings. The first kappa shape index (κ1) is 17.2. The van der Waals surface area contributed by atoms with Gasteiger partial charge in [-0.25, -0.2) is 0 Å². The lowest BCUT2D eigenvalue weighted by molar-refractivity contribution is 0.391. The lowest BCUT2D eigenvalue weighted by Crippen LogP contribution is -2.44. The Bertz CT molecular complexity index is 751. The molecule has 0 aromatic heterocycles. The first-order valence-corrected chi connectivity index (χ1v) is 10.2. The van der Waals surface area contributed by atoms with Crippen molar-refractivity contribution in [2.24, 2.45) is 0 Å². The summed E-state index contributed by atoms with van der Waals surface area (Å²) in [5.41, 5.74) is 4.06. The van der Waals surface area contributed by atoms with Gasteiger partial charge in [-0.1, -0.05) is 29.8 Å². The minimum absolute atomic E-state index is 0.629. The summed E-state index contributed by atoms with van der Waals surface area (Å²) >= 11 is 4.88. The quantitative estimate of drug-likeness (QED) is 0.837. The Labute approximate surface area is 157 Å². The molecule has 4 rings (SSSR count). The number of hydrogen-bond donors (Lipinski definition) is 1. The molecule has 2 aromatic carbocycles. The molecule has 2 aliphatic heterocycles. The summed E-state index contributed by atoms with van der Waals surface area (Å²) in [6.07, 6.45) is 0.932. The maximum absolute atomic E-state index is 12.9. The van der Waals surface area contributed by atoms with Crippen LogP contribution < -0.4 is 10.2 Å². The average molecular weight is 376 g/mol. The zero-order valence-electron chi connectivity index (χ0n) is 14.1. The van der Waals surface area contributed by atoms with Gasteiger partial charge in [-0.2, -0.15) is 0 Å². The minimum Gasteiger partial charge on any atom is -0.593 e. The summed E-state index contributed by atoms with van der Waals surface area (Å²) < 4.78 is 14.9. The molecule has 0 amide bonds. The summed E-state index contributed by atoms with van der Waals surface area (Å²) in [5.74, 6) is 0. The molecule has 1 fully saturated rings. The van der Waals surface area contributed by atoms with E-state index in [1.807, 2.05) is 22.5 Å². The molecule has 2 aromatic rings. The zero-order valence-corrected chi connectivity index (χ0v) is 15.7. The predicted octanol–water partition coefficient (Wildman–Crippen LogP) is 2.83. The lowest BCUT2D eigenvalue weighted by Gasteiger charge is -2.35. The molecule has 4 nitrogen and oxygen atoms in total. The largest absolute Gasteiger partial charge is 0.593 e. The summed E-state index contributed by atoms with van der Waals surface area (Å²) in [6.45, 7) is 5.69. The van der Waals surface area contributed by atoms with Crippen molar-refractivity contribution in [3.63, 3.8) is 0 Å². The molecule has 1 atom stereocenters. The van der Waals surface area contributed by atoms with Gasteiger partial charge in [0.1, 0.15) is 0 Å². The van der Waals surface area contributed by atoms with E-state index in [2.05, 4.69) is 28.4 Å². The summed E-state index contributed by atoms with van der Waals surface area (Å²) in [6, 6.07) is 13.9. The number of nitrogens with one attached hydrogen (secondary N) is 1. The number of piperazine rings is 1. The van der Waals surface area contributed by atoms with Gasteiger partial charge < -0.3 is 14.8 Å². The Morgan fingerprint density at radius 1 is 1.04 bits per heavy atom. The van der Waals surface area contributed by atoms with Gasteiger partial charge in [0, 0.05) is 49.5 Å². The SMILES string of the molecule is [O-][S+](c1cccc(Cl)c1)N1CCc2c(cccc2N2CCNCC2)C1. The van der Waals surface area contributed by atoms with Crippen molar-refractivity contribution in [1.82, 2.24) is 9.62 Å². The number of halogens is 1. The van der Waals surface area contributed by atoms with Crippen LogP contribution in [0.2, 0.25) is 5.02 Å². The Balaban J connectivity index is 1.55. The van der Waals surface area contributed by atoms with Crippen molar-refractivity contribution in [1.29, 1.82) is 0 Å². The molecule has 0 aliphatic carbocycles. The number of rotatable bonds is 3. The summed E-state index contributed by atoms with van der Waals surface area (Å²) in [4.78, 5) is 3.24. The van der Waals surface area contributed by atoms with E-state index in [4.69, 9.17) is 11.6 Å². The molecule has 25 heavy (non-hydrogen) atoms. The van der Waals surface area contributed by atoms with Crippen molar-refractivity contribution >= 4 is 28.7 Å². The Morgan fingerprint density at radius 3 is 2.64 bits per heavy atom. The number of nitrogens with zero attached hydrogens (tertiary/aromatic N) is 2. The van der Waals surface area contributed by atoms with Crippen LogP contribution in [-0.4, -0.2) is 41.6 Å². The van der Waals surface area contributed by atoms with Crippen molar-refractivity contribution in [2.45, 2.75) is 17.9 Å². The van der Waals surface area contributed by atoms with E-state index in [0.717, 1.165) is 44.0 Å². The van der Waals surface area contributed by atoms with E-state index in [0.29, 0.717) is 11.6 Å². The van der Waals surface area contributed by atoms with E-state index in [9.17, 15) is 4.55 Å². The molecule has 0 spiro atoms. The van der Waals surface area contributed by atoms with Crippen LogP contribution in [0.5, 0.6) is 0 Å². The Morgan fingerprint density at radius 2 is 1.84 bits per heavy atom. The molecule has 1 saturated heterocycles. The van der Waals surface area contributed by atoms with E-state index in [1.54, 1.807) is 6.07 Å². The van der Waals surface area contributed by atoms with Gasteiger partial charge in [-0.3, -0.25) is 0 Å². The lowest BCUT2D eigenvalue weighted by atomic mass is 9.98. The van der Waals surface area contributed by atoms with Gasteiger partial charge in [0.25, 0.3) is 0 Å². The topological polar surface area (TPSA) is 41.6 Å². The van der Waals surface area contributed by atoms with E-state index >= 15 is 0 Å². The van der Waals surface area contributed by atoms with Gasteiger partial charge in [0.05, 0.1) is 17.9 Å². The smallest absolute Gasteiger partial charge is 0.175 e. The monoisotopic (exact) mass is 375 g/mol. The fourth-order valence-corrected chi connectivity index (χ4v) is 5.12. The van der Waals surface area contributed by atoms with Crippen LogP contribution in [0, 0.1) is 0 Å². The van der Waals surface area contributed by atoms with Gasteiger partial charge >= 0.3 is 0 Å². The van der Waals surface area contributed by atoms with E-state index < -0.39 is 11.4 Å². The van der Waals surface area contributed by atoms with Crippen molar-refractivity contribution in [3.8, 4) is 0 Å². The highest BCUT2D eigenvalue weighted by Crippen LogP contribution is 2.32. The predicted molar refractivity (Wildman–Crippen MR) is 103 cm³/mol. The second kappa shape index (κ2) is 7.56. The molecule has 2 heterocycles. The fourth-order valence-electron chi connectivity index (χ4n) is 3.63. The molecule has 0 saturated carbocycles. The molecular weight excluding hydrogens is 354 g/mol. The Kier molecular flexibility index (Phi) is 5.20. The van der Waals surface area contributed by atoms with Gasteiger partial charge in [-0.15, -0.1) is 4.31 Å². The van der Waals surface area contributed by atoms with Crippen LogP contribution in [0.25, 0.3) is 0 Å². The van der Waals surface area contributed by atoms with Crippen LogP contribution in [0.4, 0.5) is 5.69 Å². The van der Waals surface area contributed by atoms with Crippen molar-refractivity contribution < 1.29 is 4.55 Å². The standard InChI is InChI=1S/C19H22ClN3OS/c20-16-4-2-5-17(13-16)25(24)23-10-7-18-15(14-23)3-1-6-19(18)22-11-8-21-9-12-22/h1-6,13,21H,7-12,14H2. The van der Waals surface area contributed by atoms with Gasteiger partial charge in [0.2, 0.25) is 0 Å². The highest BCUT2D eigenvalue weighted by atomic mass is 35.5. The zero-order chi connectivity index (χ0) is 17.2. The number of fused-ring (bicyclic) bond motifs is 1. The highest BCUT2D eigenvalue weighted by Gasteiger charge is 2.29. The van der Waals surface area contributed by atoms with E-state index in [1.165, 1.54) is 16.8 Å². The van der Waals surface area contributed by atoms with Gasteiger partial charge in [0.15, 0.2) is 4.90 Å². The first-order chi connectivity index (χ1) is 12.2. The number of anilines is 1. The summed E-state index contributed by atoms with van der Waals surface area (Å²) in [7, 11) is 0. The van der Waals surface area contributed by atoms with Crippen LogP contribution >= 0.6 is 11.6 Å². The minimum atomic E-state index is -1.17. The molecule has 0 bridgehead atoms. The van der Waals surface area contributed by atoms with Crippen LogP contribution in [0.1, 0.15) is 11.1 Å². The highest BCUT2D eigenvalue weighted by molar-refractivity contribution is 7.89. The van der Waals surface area contributed by atoms with Gasteiger partial charge in [-0.05, 0) is 35.7 Å². The molecule has 6 heteroatoms. The molecule has 1 N–H and O–H groups in total. The molecular formula is C19H22ClN3OS. The summed E-state index contributed by atoms with van der Waals surface area (Å²) in [5, 5.41) is 4.04. The second-order valence-corrected chi connectivity index (χ2v) is 8.39. The van der Waals surface area contributed by atoms with Crippen LogP contribution in [0.15, 0.2) is 47.4 Å².